The van der Waals surface area contributed by atoms with Crippen LogP contribution in [0.25, 0.3) is 34.8 Å². The minimum absolute atomic E-state index is 0. The number of nitrogens with zero attached hydrogens (tertiary/aromatic N) is 4. The third-order valence-electron chi connectivity index (χ3n) is 8.25. The van der Waals surface area contributed by atoms with Crippen molar-refractivity contribution in [2.24, 2.45) is 15.7 Å². The van der Waals surface area contributed by atoms with Gasteiger partial charge in [-0.05, 0) is 115 Å². The van der Waals surface area contributed by atoms with Crippen LogP contribution < -0.4 is 21.7 Å². The van der Waals surface area contributed by atoms with Crippen molar-refractivity contribution >= 4 is 93.3 Å². The van der Waals surface area contributed by atoms with Crippen molar-refractivity contribution in [2.45, 2.75) is 86.1 Å². The second kappa shape index (κ2) is 24.3. The molecule has 0 radical (unpaired) electrons. The first-order chi connectivity index (χ1) is 32.2. The first-order valence-corrected chi connectivity index (χ1v) is 21.8. The number of para-hydroxylation sites is 2. The predicted molar refractivity (Wildman–Crippen MR) is 262 cm³/mol. The highest BCUT2D eigenvalue weighted by Crippen LogP contribution is 2.35. The van der Waals surface area contributed by atoms with E-state index in [1.54, 1.807) is 102 Å². The number of thioether (sulfide) groups is 2. The molecular formula is C45H50N8O15S2. The third-order valence-corrected chi connectivity index (χ3v) is 9.96. The molecule has 0 unspecified atom stereocenters. The van der Waals surface area contributed by atoms with Gasteiger partial charge in [0.1, 0.15) is 46.3 Å². The molecule has 0 fully saturated rings. The number of nitro groups is 2. The van der Waals surface area contributed by atoms with Gasteiger partial charge in [-0.25, -0.2) is 9.59 Å². The number of hydrogen-bond acceptors (Lipinski definition) is 17. The van der Waals surface area contributed by atoms with E-state index in [1.165, 1.54) is 38.1 Å². The summed E-state index contributed by atoms with van der Waals surface area (Å²) in [7, 11) is 0. The summed E-state index contributed by atoms with van der Waals surface area (Å²) in [6.07, 6.45) is 1.47. The van der Waals surface area contributed by atoms with Crippen LogP contribution in [-0.2, 0) is 28.7 Å². The summed E-state index contributed by atoms with van der Waals surface area (Å²) in [5, 5.41) is 38.0. The highest BCUT2D eigenvalue weighted by Gasteiger charge is 2.28. The molecule has 70 heavy (non-hydrogen) atoms. The first kappa shape index (κ1) is 56.3. The van der Waals surface area contributed by atoms with Crippen molar-refractivity contribution < 1.29 is 62.0 Å². The van der Waals surface area contributed by atoms with Crippen LogP contribution in [0.2, 0.25) is 0 Å². The number of nitro benzene ring substituents is 2. The Morgan fingerprint density at radius 1 is 0.700 bits per heavy atom. The number of aliphatic carboxylic acids is 1. The number of benzene rings is 2. The van der Waals surface area contributed by atoms with Crippen molar-refractivity contribution in [3.05, 3.63) is 114 Å². The quantitative estimate of drug-likeness (QED) is 0.0566. The molecule has 2 atom stereocenters. The minimum atomic E-state index is -1.09. The second-order valence-electron chi connectivity index (χ2n) is 16.2. The number of nitrogens with one attached hydrogen (secondary N) is 3. The largest absolute Gasteiger partial charge is 0.480 e. The zero-order valence-electron chi connectivity index (χ0n) is 38.1. The fourth-order valence-electron chi connectivity index (χ4n) is 5.29. The molecule has 0 saturated heterocycles. The van der Waals surface area contributed by atoms with Crippen LogP contribution in [-0.4, -0.2) is 84.5 Å². The molecule has 6 N–H and O–H groups in total. The van der Waals surface area contributed by atoms with Gasteiger partial charge in [0.15, 0.2) is 10.3 Å². The van der Waals surface area contributed by atoms with Crippen LogP contribution in [0.3, 0.4) is 0 Å². The van der Waals surface area contributed by atoms with Gasteiger partial charge in [-0.15, -0.1) is 0 Å². The van der Waals surface area contributed by atoms with Crippen molar-refractivity contribution in [3.8, 4) is 22.6 Å². The Morgan fingerprint density at radius 2 is 1.11 bits per heavy atom. The normalized spacial score (nSPS) is 15.1. The lowest BCUT2D eigenvalue weighted by Gasteiger charge is -2.21. The molecule has 2 aliphatic heterocycles. The van der Waals surface area contributed by atoms with E-state index in [4.69, 9.17) is 29.1 Å². The molecule has 0 aliphatic carbocycles. The number of rotatable bonds is 10. The van der Waals surface area contributed by atoms with Gasteiger partial charge in [-0.1, -0.05) is 31.7 Å². The Balaban J connectivity index is 0.000000308. The molecule has 5 amide bonds. The van der Waals surface area contributed by atoms with Gasteiger partial charge in [-0.3, -0.25) is 39.4 Å². The number of carboxylic acid groups (broad SMARTS) is 1. The SMILES string of the molecule is C.C[C@H](NC(=O)OC(C)(C)C)C(=O)NC1=NC(=O)/C(=C/c2ccc(-c3ccccc3[N+](=O)[O-])o2)S1.C[C@H](NC(=O)OC(C)(C)C)C(=O)O.NC1=NC(=O)/C(=C/c2ccc(-c3ccccc3[N+](=O)[O-])o2)S1. The lowest BCUT2D eigenvalue weighted by molar-refractivity contribution is -0.384. The van der Waals surface area contributed by atoms with Crippen LogP contribution in [0.5, 0.6) is 0 Å². The average molecular weight is 1010 g/mol. The molecule has 2 aromatic carbocycles. The summed E-state index contributed by atoms with van der Waals surface area (Å²) in [5.74, 6) is -1.38. The zero-order valence-corrected chi connectivity index (χ0v) is 39.7. The molecule has 23 nitrogen and oxygen atoms in total. The van der Waals surface area contributed by atoms with E-state index in [1.807, 2.05) is 0 Å². The fourth-order valence-corrected chi connectivity index (χ4v) is 6.75. The molecule has 0 saturated carbocycles. The van der Waals surface area contributed by atoms with Crippen LogP contribution >= 0.6 is 23.5 Å². The Hall–Kier alpha value is -8.06. The van der Waals surface area contributed by atoms with Gasteiger partial charge >= 0.3 is 18.2 Å². The van der Waals surface area contributed by atoms with E-state index in [0.717, 1.165) is 23.5 Å². The monoisotopic (exact) mass is 1010 g/mol. The summed E-state index contributed by atoms with van der Waals surface area (Å²) >= 11 is 1.97. The topological polar surface area (TPSA) is 340 Å². The Labute approximate surface area is 408 Å². The number of furan rings is 2. The lowest BCUT2D eigenvalue weighted by atomic mass is 10.1. The number of hydrogen-bond donors (Lipinski definition) is 5. The fraction of sp³-hybridized carbons (Fsp3) is 0.289. The second-order valence-corrected chi connectivity index (χ2v) is 18.3. The molecule has 4 heterocycles. The molecule has 25 heteroatoms. The van der Waals surface area contributed by atoms with E-state index in [9.17, 15) is 49.0 Å². The Morgan fingerprint density at radius 3 is 1.51 bits per heavy atom. The number of nitrogens with two attached hydrogens (primary N) is 1. The zero-order chi connectivity index (χ0) is 51.4. The number of carbonyl (C=O) groups is 6. The standard InChI is InChI=1S/C22H22N4O7S.C14H9N3O4S.C8H15NO4.CH4/c1-12(23-21(29)33-22(2,3)4)18(27)24-20-25-19(28)17(34-20)11-13-9-10-16(32-13)14-7-5-6-8-15(14)26(30)31;15-14-16-13(18)12(22-14)7-8-5-6-11(21-8)9-3-1-2-4-10(9)17(19)20;1-5(6(10)11)9-7(12)13-8(2,3)4;/h5-12H,1-4H3,(H,23,29)(H,24,25,27,28);1-7H,(H2,15,16,18);5H,1-4H3,(H,9,12)(H,10,11);1H4/b17-11-;12-7-;;/t12-;;5-;/m0.0./s1. The predicted octanol–water partition coefficient (Wildman–Crippen LogP) is 8.26. The first-order valence-electron chi connectivity index (χ1n) is 20.2. The van der Waals surface area contributed by atoms with E-state index < -0.39 is 69.0 Å². The summed E-state index contributed by atoms with van der Waals surface area (Å²) in [6, 6.07) is 16.9. The van der Waals surface area contributed by atoms with Gasteiger partial charge in [0.05, 0.1) is 30.8 Å². The number of carboxylic acids is 1. The number of aliphatic imine (C=N–C) groups is 2. The summed E-state index contributed by atoms with van der Waals surface area (Å²) in [5.41, 5.74) is 4.67. The molecular weight excluding hydrogens is 957 g/mol. The van der Waals surface area contributed by atoms with Crippen LogP contribution in [0.4, 0.5) is 21.0 Å². The minimum Gasteiger partial charge on any atom is -0.480 e. The van der Waals surface area contributed by atoms with E-state index >= 15 is 0 Å². The van der Waals surface area contributed by atoms with Gasteiger partial charge in [-0.2, -0.15) is 9.98 Å². The lowest BCUT2D eigenvalue weighted by Crippen LogP contribution is -2.47. The maximum absolute atomic E-state index is 12.3. The van der Waals surface area contributed by atoms with Crippen molar-refractivity contribution in [1.82, 2.24) is 16.0 Å². The third kappa shape index (κ3) is 17.2. The average Bonchev–Trinajstić information content (AvgIpc) is 4.05. The van der Waals surface area contributed by atoms with Crippen molar-refractivity contribution in [3.63, 3.8) is 0 Å². The molecule has 4 aromatic rings. The van der Waals surface area contributed by atoms with E-state index in [0.29, 0.717) is 27.6 Å². The van der Waals surface area contributed by atoms with Crippen molar-refractivity contribution in [1.29, 1.82) is 0 Å². The maximum Gasteiger partial charge on any atom is 0.408 e. The summed E-state index contributed by atoms with van der Waals surface area (Å²) < 4.78 is 21.2. The highest BCUT2D eigenvalue weighted by molar-refractivity contribution is 8.18. The number of ether oxygens (including phenoxy) is 2. The molecule has 2 aliphatic rings. The van der Waals surface area contributed by atoms with Crippen LogP contribution in [0.1, 0.15) is 74.3 Å². The van der Waals surface area contributed by atoms with Gasteiger partial charge in [0, 0.05) is 24.3 Å². The van der Waals surface area contributed by atoms with Crippen LogP contribution in [0.15, 0.2) is 101 Å². The molecule has 6 rings (SSSR count). The molecule has 372 valence electrons. The molecule has 2 aromatic heterocycles. The number of amidine groups is 2. The Bertz CT molecular complexity index is 2780. The van der Waals surface area contributed by atoms with E-state index in [-0.39, 0.29) is 45.6 Å². The smallest absolute Gasteiger partial charge is 0.408 e. The number of alkyl carbamates (subject to hydrolysis) is 2. The summed E-state index contributed by atoms with van der Waals surface area (Å²) in [6.45, 7) is 13.0. The van der Waals surface area contributed by atoms with Gasteiger partial charge in [0.2, 0.25) is 5.91 Å². The van der Waals surface area contributed by atoms with Gasteiger partial charge < -0.3 is 45.1 Å². The molecule has 0 bridgehead atoms. The number of carbonyl (C=O) groups excluding carboxylic acids is 5. The van der Waals surface area contributed by atoms with Crippen LogP contribution in [0, 0.1) is 20.2 Å². The highest BCUT2D eigenvalue weighted by atomic mass is 32.2. The van der Waals surface area contributed by atoms with Crippen molar-refractivity contribution in [2.75, 3.05) is 0 Å². The van der Waals surface area contributed by atoms with Gasteiger partial charge in [0.25, 0.3) is 23.2 Å². The van der Waals surface area contributed by atoms with E-state index in [2.05, 4.69) is 25.9 Å². The maximum atomic E-state index is 12.3. The summed E-state index contributed by atoms with van der Waals surface area (Å²) in [4.78, 5) is 98.4. The number of amides is 5. The Kier molecular flexibility index (Phi) is 19.5. The molecule has 0 spiro atoms.